The van der Waals surface area contributed by atoms with Gasteiger partial charge in [-0.2, -0.15) is 0 Å². The Kier molecular flexibility index (Phi) is 2.17. The zero-order valence-electron chi connectivity index (χ0n) is 7.62. The van der Waals surface area contributed by atoms with Crippen LogP contribution in [0.1, 0.15) is 0 Å². The molecule has 0 amide bonds. The molecule has 0 aliphatic carbocycles. The summed E-state index contributed by atoms with van der Waals surface area (Å²) >= 11 is 5.84. The molecule has 0 spiro atoms. The van der Waals surface area contributed by atoms with Gasteiger partial charge >= 0.3 is 0 Å². The molecule has 3 nitrogen and oxygen atoms in total. The largest absolute Gasteiger partial charge is 0.494 e. The van der Waals surface area contributed by atoms with Crippen LogP contribution >= 0.6 is 11.6 Å². The second kappa shape index (κ2) is 3.35. The molecule has 0 radical (unpaired) electrons. The summed E-state index contributed by atoms with van der Waals surface area (Å²) in [5.41, 5.74) is 7.03. The molecule has 1 heterocycles. The number of pyridine rings is 1. The highest BCUT2D eigenvalue weighted by Gasteiger charge is 2.06. The molecule has 1 aromatic heterocycles. The number of rotatable bonds is 1. The lowest BCUT2D eigenvalue weighted by Gasteiger charge is -2.07. The fraction of sp³-hybridized carbons (Fsp3) is 0.100. The molecule has 0 saturated heterocycles. The van der Waals surface area contributed by atoms with Crippen molar-refractivity contribution in [1.82, 2.24) is 4.98 Å². The van der Waals surface area contributed by atoms with Crippen molar-refractivity contribution >= 4 is 28.2 Å². The second-order valence-corrected chi connectivity index (χ2v) is 3.34. The van der Waals surface area contributed by atoms with E-state index >= 15 is 0 Å². The number of methoxy groups -OCH3 is 1. The van der Waals surface area contributed by atoms with Gasteiger partial charge in [-0.05, 0) is 18.2 Å². The first-order valence-corrected chi connectivity index (χ1v) is 4.48. The Bertz CT molecular complexity index is 485. The standard InChI is InChI=1S/C10H9ClN2O/c1-14-10-7-3-2-6(11)4-9(7)13-5-8(10)12/h2-5H,12H2,1H3. The van der Waals surface area contributed by atoms with Gasteiger partial charge in [0.05, 0.1) is 24.5 Å². The Morgan fingerprint density at radius 2 is 2.21 bits per heavy atom. The van der Waals surface area contributed by atoms with Gasteiger partial charge in [-0.25, -0.2) is 0 Å². The molecule has 0 aliphatic heterocycles. The minimum Gasteiger partial charge on any atom is -0.494 e. The normalized spacial score (nSPS) is 10.4. The molecular weight excluding hydrogens is 200 g/mol. The van der Waals surface area contributed by atoms with E-state index in [1.165, 1.54) is 0 Å². The SMILES string of the molecule is COc1c(N)cnc2cc(Cl)ccc12. The maximum absolute atomic E-state index is 5.84. The number of ether oxygens (including phenoxy) is 1. The highest BCUT2D eigenvalue weighted by molar-refractivity contribution is 6.31. The summed E-state index contributed by atoms with van der Waals surface area (Å²) in [5.74, 6) is 0.645. The van der Waals surface area contributed by atoms with Crippen molar-refractivity contribution in [3.8, 4) is 5.75 Å². The number of nitrogens with two attached hydrogens (primary N) is 1. The number of halogens is 1. The number of hydrogen-bond acceptors (Lipinski definition) is 3. The minimum absolute atomic E-state index is 0.530. The van der Waals surface area contributed by atoms with Gasteiger partial charge in [0.15, 0.2) is 5.75 Å². The molecule has 0 aliphatic rings. The van der Waals surface area contributed by atoms with Crippen molar-refractivity contribution in [3.05, 3.63) is 29.4 Å². The molecule has 72 valence electrons. The van der Waals surface area contributed by atoms with Crippen LogP contribution in [-0.2, 0) is 0 Å². The highest BCUT2D eigenvalue weighted by Crippen LogP contribution is 2.30. The number of aromatic nitrogens is 1. The van der Waals surface area contributed by atoms with E-state index in [1.807, 2.05) is 6.07 Å². The maximum Gasteiger partial charge on any atom is 0.152 e. The van der Waals surface area contributed by atoms with Crippen LogP contribution in [0.4, 0.5) is 5.69 Å². The third kappa shape index (κ3) is 1.36. The van der Waals surface area contributed by atoms with E-state index in [2.05, 4.69) is 4.98 Å². The smallest absolute Gasteiger partial charge is 0.152 e. The van der Waals surface area contributed by atoms with Crippen LogP contribution < -0.4 is 10.5 Å². The molecule has 2 rings (SSSR count). The summed E-state index contributed by atoms with van der Waals surface area (Å²) in [7, 11) is 1.58. The molecule has 0 saturated carbocycles. The van der Waals surface area contributed by atoms with E-state index in [4.69, 9.17) is 22.1 Å². The summed E-state index contributed by atoms with van der Waals surface area (Å²) in [5, 5.41) is 1.52. The first-order chi connectivity index (χ1) is 6.72. The molecule has 0 atom stereocenters. The first kappa shape index (κ1) is 9.09. The number of benzene rings is 1. The van der Waals surface area contributed by atoms with Crippen LogP contribution in [0.3, 0.4) is 0 Å². The predicted octanol–water partition coefficient (Wildman–Crippen LogP) is 2.48. The van der Waals surface area contributed by atoms with Gasteiger partial charge in [-0.1, -0.05) is 11.6 Å². The van der Waals surface area contributed by atoms with Crippen LogP contribution in [-0.4, -0.2) is 12.1 Å². The fourth-order valence-electron chi connectivity index (χ4n) is 1.38. The molecular formula is C10H9ClN2O. The number of nitrogen functional groups attached to an aromatic ring is 1. The van der Waals surface area contributed by atoms with E-state index in [0.717, 1.165) is 10.9 Å². The van der Waals surface area contributed by atoms with E-state index in [9.17, 15) is 0 Å². The van der Waals surface area contributed by atoms with Gasteiger partial charge in [-0.3, -0.25) is 4.98 Å². The number of anilines is 1. The van der Waals surface area contributed by atoms with Crippen LogP contribution in [0.5, 0.6) is 5.75 Å². The summed E-state index contributed by atoms with van der Waals surface area (Å²) < 4.78 is 5.19. The summed E-state index contributed by atoms with van der Waals surface area (Å²) in [6, 6.07) is 5.41. The van der Waals surface area contributed by atoms with E-state index in [1.54, 1.807) is 25.4 Å². The average molecular weight is 209 g/mol. The fourth-order valence-corrected chi connectivity index (χ4v) is 1.55. The van der Waals surface area contributed by atoms with Crippen molar-refractivity contribution < 1.29 is 4.74 Å². The molecule has 0 fully saturated rings. The van der Waals surface area contributed by atoms with Crippen LogP contribution in [0.15, 0.2) is 24.4 Å². The second-order valence-electron chi connectivity index (χ2n) is 2.91. The zero-order chi connectivity index (χ0) is 10.1. The molecule has 0 unspecified atom stereocenters. The lowest BCUT2D eigenvalue weighted by atomic mass is 10.2. The lowest BCUT2D eigenvalue weighted by Crippen LogP contribution is -1.94. The first-order valence-electron chi connectivity index (χ1n) is 4.10. The van der Waals surface area contributed by atoms with Gasteiger partial charge in [0.2, 0.25) is 0 Å². The third-order valence-electron chi connectivity index (χ3n) is 2.01. The van der Waals surface area contributed by atoms with Crippen molar-refractivity contribution in [2.24, 2.45) is 0 Å². The van der Waals surface area contributed by atoms with Gasteiger partial charge in [0.25, 0.3) is 0 Å². The van der Waals surface area contributed by atoms with Crippen molar-refractivity contribution in [1.29, 1.82) is 0 Å². The number of hydrogen-bond donors (Lipinski definition) is 1. The Morgan fingerprint density at radius 3 is 2.93 bits per heavy atom. The Labute approximate surface area is 86.5 Å². The monoisotopic (exact) mass is 208 g/mol. The lowest BCUT2D eigenvalue weighted by molar-refractivity contribution is 0.421. The maximum atomic E-state index is 5.84. The summed E-state index contributed by atoms with van der Waals surface area (Å²) in [6.07, 6.45) is 1.57. The van der Waals surface area contributed by atoms with E-state index in [0.29, 0.717) is 16.5 Å². The molecule has 4 heteroatoms. The average Bonchev–Trinajstić information content (AvgIpc) is 2.18. The molecule has 14 heavy (non-hydrogen) atoms. The predicted molar refractivity (Wildman–Crippen MR) is 57.7 cm³/mol. The van der Waals surface area contributed by atoms with Crippen molar-refractivity contribution in [3.63, 3.8) is 0 Å². The van der Waals surface area contributed by atoms with Crippen LogP contribution in [0.25, 0.3) is 10.9 Å². The molecule has 0 bridgehead atoms. The Balaban J connectivity index is 2.82. The van der Waals surface area contributed by atoms with E-state index < -0.39 is 0 Å². The highest BCUT2D eigenvalue weighted by atomic mass is 35.5. The van der Waals surface area contributed by atoms with Gasteiger partial charge in [0, 0.05) is 10.4 Å². The molecule has 2 aromatic rings. The summed E-state index contributed by atoms with van der Waals surface area (Å²) in [4.78, 5) is 4.16. The Morgan fingerprint density at radius 1 is 1.43 bits per heavy atom. The summed E-state index contributed by atoms with van der Waals surface area (Å²) in [6.45, 7) is 0. The number of nitrogens with zero attached hydrogens (tertiary/aromatic N) is 1. The van der Waals surface area contributed by atoms with Crippen LogP contribution in [0, 0.1) is 0 Å². The van der Waals surface area contributed by atoms with Gasteiger partial charge in [-0.15, -0.1) is 0 Å². The zero-order valence-corrected chi connectivity index (χ0v) is 8.38. The van der Waals surface area contributed by atoms with Crippen molar-refractivity contribution in [2.75, 3.05) is 12.8 Å². The minimum atomic E-state index is 0.530. The number of fused-ring (bicyclic) bond motifs is 1. The van der Waals surface area contributed by atoms with E-state index in [-0.39, 0.29) is 0 Å². The topological polar surface area (TPSA) is 48.1 Å². The third-order valence-corrected chi connectivity index (χ3v) is 2.25. The molecule has 2 N–H and O–H groups in total. The van der Waals surface area contributed by atoms with Gasteiger partial charge < -0.3 is 10.5 Å². The Hall–Kier alpha value is -1.48. The van der Waals surface area contributed by atoms with Gasteiger partial charge in [0.1, 0.15) is 0 Å². The quantitative estimate of drug-likeness (QED) is 0.783. The molecule has 1 aromatic carbocycles. The van der Waals surface area contributed by atoms with Crippen molar-refractivity contribution in [2.45, 2.75) is 0 Å². The van der Waals surface area contributed by atoms with Crippen LogP contribution in [0.2, 0.25) is 5.02 Å².